The summed E-state index contributed by atoms with van der Waals surface area (Å²) < 4.78 is 4.67. The van der Waals surface area contributed by atoms with Crippen LogP contribution in [0, 0.1) is 11.3 Å². The van der Waals surface area contributed by atoms with Crippen molar-refractivity contribution in [2.75, 3.05) is 7.11 Å². The lowest BCUT2D eigenvalue weighted by Crippen LogP contribution is -2.00. The molecule has 0 aliphatic heterocycles. The lowest BCUT2D eigenvalue weighted by Gasteiger charge is -2.01. The van der Waals surface area contributed by atoms with Gasteiger partial charge in [0.15, 0.2) is 0 Å². The molecule has 1 aromatic heterocycles. The van der Waals surface area contributed by atoms with Gasteiger partial charge in [0.1, 0.15) is 10.9 Å². The van der Waals surface area contributed by atoms with Crippen molar-refractivity contribution < 1.29 is 9.53 Å². The lowest BCUT2D eigenvalue weighted by molar-refractivity contribution is 0.0601. The van der Waals surface area contributed by atoms with Crippen LogP contribution in [0.1, 0.15) is 15.2 Å². The number of rotatable bonds is 2. The van der Waals surface area contributed by atoms with E-state index in [4.69, 9.17) is 5.26 Å². The third kappa shape index (κ3) is 2.35. The number of hydrogen-bond donors (Lipinski definition) is 0. The second-order valence-corrected chi connectivity index (χ2v) is 4.43. The predicted octanol–water partition coefficient (Wildman–Crippen LogP) is 3.07. The first-order valence-electron chi connectivity index (χ1n) is 4.93. The van der Waals surface area contributed by atoms with Gasteiger partial charge in [0, 0.05) is 4.88 Å². The first kappa shape index (κ1) is 11.4. The summed E-state index contributed by atoms with van der Waals surface area (Å²) in [5.41, 5.74) is 1.43. The normalized spacial score (nSPS) is 9.65. The molecule has 4 heteroatoms. The predicted molar refractivity (Wildman–Crippen MR) is 65.8 cm³/mol. The average Bonchev–Trinajstić information content (AvgIpc) is 2.86. The largest absolute Gasteiger partial charge is 0.465 e. The molecule has 84 valence electrons. The molecule has 0 saturated carbocycles. The maximum absolute atomic E-state index is 11.4. The highest BCUT2D eigenvalue weighted by Crippen LogP contribution is 2.28. The SMILES string of the molecule is COC(=O)c1cccc(-c2ccc(C#N)s2)c1. The van der Waals surface area contributed by atoms with Gasteiger partial charge in [0.05, 0.1) is 12.7 Å². The molecule has 0 saturated heterocycles. The average molecular weight is 243 g/mol. The van der Waals surface area contributed by atoms with E-state index >= 15 is 0 Å². The summed E-state index contributed by atoms with van der Waals surface area (Å²) in [5, 5.41) is 8.77. The van der Waals surface area contributed by atoms with Gasteiger partial charge in [-0.3, -0.25) is 0 Å². The van der Waals surface area contributed by atoms with Crippen LogP contribution in [0.3, 0.4) is 0 Å². The Morgan fingerprint density at radius 1 is 1.35 bits per heavy atom. The molecule has 3 nitrogen and oxygen atoms in total. The molecule has 2 aromatic rings. The van der Waals surface area contributed by atoms with E-state index in [0.717, 1.165) is 10.4 Å². The smallest absolute Gasteiger partial charge is 0.337 e. The summed E-state index contributed by atoms with van der Waals surface area (Å²) in [4.78, 5) is 13.0. The fraction of sp³-hybridized carbons (Fsp3) is 0.0769. The fourth-order valence-electron chi connectivity index (χ4n) is 1.47. The number of carbonyl (C=O) groups excluding carboxylic acids is 1. The van der Waals surface area contributed by atoms with E-state index in [-0.39, 0.29) is 5.97 Å². The van der Waals surface area contributed by atoms with Gasteiger partial charge >= 0.3 is 5.97 Å². The Balaban J connectivity index is 2.40. The van der Waals surface area contributed by atoms with E-state index in [9.17, 15) is 4.79 Å². The number of methoxy groups -OCH3 is 1. The molecule has 0 aliphatic carbocycles. The van der Waals surface area contributed by atoms with E-state index in [1.165, 1.54) is 18.4 Å². The maximum Gasteiger partial charge on any atom is 0.337 e. The minimum absolute atomic E-state index is 0.357. The zero-order valence-electron chi connectivity index (χ0n) is 9.14. The molecule has 0 aliphatic rings. The van der Waals surface area contributed by atoms with Gasteiger partial charge in [-0.15, -0.1) is 11.3 Å². The minimum atomic E-state index is -0.357. The molecule has 0 spiro atoms. The highest BCUT2D eigenvalue weighted by Gasteiger charge is 2.08. The van der Waals surface area contributed by atoms with Crippen molar-refractivity contribution in [1.29, 1.82) is 5.26 Å². The molecule has 0 amide bonds. The van der Waals surface area contributed by atoms with E-state index in [1.54, 1.807) is 24.3 Å². The standard InChI is InChI=1S/C13H9NO2S/c1-16-13(15)10-4-2-3-9(7-10)12-6-5-11(8-14)17-12/h2-7H,1H3. The number of ether oxygens (including phenoxy) is 1. The van der Waals surface area contributed by atoms with E-state index in [2.05, 4.69) is 10.8 Å². The van der Waals surface area contributed by atoms with Crippen LogP contribution in [0.4, 0.5) is 0 Å². The van der Waals surface area contributed by atoms with Crippen LogP contribution in [-0.4, -0.2) is 13.1 Å². The number of hydrogen-bond acceptors (Lipinski definition) is 4. The van der Waals surface area contributed by atoms with Gasteiger partial charge < -0.3 is 4.74 Å². The first-order valence-corrected chi connectivity index (χ1v) is 5.75. The van der Waals surface area contributed by atoms with Gasteiger partial charge in [-0.25, -0.2) is 4.79 Å². The van der Waals surface area contributed by atoms with E-state index in [0.29, 0.717) is 10.4 Å². The zero-order valence-corrected chi connectivity index (χ0v) is 9.95. The van der Waals surface area contributed by atoms with Gasteiger partial charge in [0.25, 0.3) is 0 Å². The maximum atomic E-state index is 11.4. The summed E-state index contributed by atoms with van der Waals surface area (Å²) in [7, 11) is 1.36. The van der Waals surface area contributed by atoms with Gasteiger partial charge in [-0.05, 0) is 29.8 Å². The van der Waals surface area contributed by atoms with Gasteiger partial charge in [0.2, 0.25) is 0 Å². The molecule has 1 heterocycles. The van der Waals surface area contributed by atoms with Crippen molar-refractivity contribution in [3.8, 4) is 16.5 Å². The quantitative estimate of drug-likeness (QED) is 0.761. The Hall–Kier alpha value is -2.12. The van der Waals surface area contributed by atoms with Gasteiger partial charge in [-0.1, -0.05) is 12.1 Å². The van der Waals surface area contributed by atoms with Crippen LogP contribution < -0.4 is 0 Å². The Bertz CT molecular complexity index is 595. The van der Waals surface area contributed by atoms with Crippen LogP contribution in [0.15, 0.2) is 36.4 Å². The number of thiophene rings is 1. The summed E-state index contributed by atoms with van der Waals surface area (Å²) in [6.07, 6.45) is 0. The molecule has 0 bridgehead atoms. The Morgan fingerprint density at radius 2 is 2.18 bits per heavy atom. The minimum Gasteiger partial charge on any atom is -0.465 e. The van der Waals surface area contributed by atoms with Crippen molar-refractivity contribution in [3.63, 3.8) is 0 Å². The fourth-order valence-corrected chi connectivity index (χ4v) is 2.27. The topological polar surface area (TPSA) is 50.1 Å². The number of nitrogens with zero attached hydrogens (tertiary/aromatic N) is 1. The Morgan fingerprint density at radius 3 is 2.82 bits per heavy atom. The number of esters is 1. The Kier molecular flexibility index (Phi) is 3.22. The molecule has 0 unspecified atom stereocenters. The number of carbonyl (C=O) groups is 1. The lowest BCUT2D eigenvalue weighted by atomic mass is 10.1. The van der Waals surface area contributed by atoms with Crippen LogP contribution in [0.2, 0.25) is 0 Å². The van der Waals surface area contributed by atoms with Crippen molar-refractivity contribution in [3.05, 3.63) is 46.8 Å². The summed E-state index contributed by atoms with van der Waals surface area (Å²) in [5.74, 6) is -0.357. The third-order valence-electron chi connectivity index (χ3n) is 2.28. The Labute approximate surface area is 103 Å². The van der Waals surface area contributed by atoms with E-state index < -0.39 is 0 Å². The molecule has 0 radical (unpaired) electrons. The second-order valence-electron chi connectivity index (χ2n) is 3.35. The molecule has 1 aromatic carbocycles. The molecule has 2 rings (SSSR count). The number of nitriles is 1. The molecule has 0 fully saturated rings. The van der Waals surface area contributed by atoms with Crippen molar-refractivity contribution in [2.24, 2.45) is 0 Å². The molecule has 0 atom stereocenters. The number of benzene rings is 1. The zero-order chi connectivity index (χ0) is 12.3. The van der Waals surface area contributed by atoms with Crippen LogP contribution in [0.5, 0.6) is 0 Å². The highest BCUT2D eigenvalue weighted by molar-refractivity contribution is 7.16. The van der Waals surface area contributed by atoms with Crippen LogP contribution in [-0.2, 0) is 4.74 Å². The molecular weight excluding hydrogens is 234 g/mol. The second kappa shape index (κ2) is 4.81. The van der Waals surface area contributed by atoms with Crippen LogP contribution in [0.25, 0.3) is 10.4 Å². The van der Waals surface area contributed by atoms with Gasteiger partial charge in [-0.2, -0.15) is 5.26 Å². The van der Waals surface area contributed by atoms with Crippen LogP contribution >= 0.6 is 11.3 Å². The van der Waals surface area contributed by atoms with E-state index in [1.807, 2.05) is 12.1 Å². The van der Waals surface area contributed by atoms with Crippen molar-refractivity contribution >= 4 is 17.3 Å². The summed E-state index contributed by atoms with van der Waals surface area (Å²) >= 11 is 1.40. The molecular formula is C13H9NO2S. The monoisotopic (exact) mass is 243 g/mol. The third-order valence-corrected chi connectivity index (χ3v) is 3.32. The molecule has 17 heavy (non-hydrogen) atoms. The van der Waals surface area contributed by atoms with Crippen molar-refractivity contribution in [2.45, 2.75) is 0 Å². The summed E-state index contributed by atoms with van der Waals surface area (Å²) in [6, 6.07) is 12.9. The summed E-state index contributed by atoms with van der Waals surface area (Å²) in [6.45, 7) is 0. The molecule has 0 N–H and O–H groups in total. The highest BCUT2D eigenvalue weighted by atomic mass is 32.1. The van der Waals surface area contributed by atoms with Crippen molar-refractivity contribution in [1.82, 2.24) is 0 Å². The first-order chi connectivity index (χ1) is 8.24.